The second-order valence-electron chi connectivity index (χ2n) is 7.44. The molecule has 29 heavy (non-hydrogen) atoms. The molecule has 2 heterocycles. The van der Waals surface area contributed by atoms with Crippen LogP contribution in [0.25, 0.3) is 0 Å². The van der Waals surface area contributed by atoms with E-state index in [2.05, 4.69) is 36.2 Å². The largest absolute Gasteiger partial charge is 0.497 e. The highest BCUT2D eigenvalue weighted by Crippen LogP contribution is 2.48. The Morgan fingerprint density at radius 3 is 2.52 bits per heavy atom. The Bertz CT molecular complexity index is 1080. The van der Waals surface area contributed by atoms with Crippen molar-refractivity contribution in [1.82, 2.24) is 5.01 Å². The highest BCUT2D eigenvalue weighted by atomic mass is 35.5. The van der Waals surface area contributed by atoms with Gasteiger partial charge in [-0.25, -0.2) is 5.01 Å². The van der Waals surface area contributed by atoms with Gasteiger partial charge < -0.3 is 9.47 Å². The molecule has 0 radical (unpaired) electrons. The van der Waals surface area contributed by atoms with Crippen LogP contribution in [0.1, 0.15) is 40.9 Å². The first-order chi connectivity index (χ1) is 14.1. The summed E-state index contributed by atoms with van der Waals surface area (Å²) >= 11 is 6.30. The van der Waals surface area contributed by atoms with Gasteiger partial charge in [0.2, 0.25) is 6.23 Å². The minimum absolute atomic E-state index is 0.0841. The summed E-state index contributed by atoms with van der Waals surface area (Å²) in [7, 11) is 1.67. The van der Waals surface area contributed by atoms with E-state index in [-0.39, 0.29) is 12.3 Å². The van der Waals surface area contributed by atoms with Crippen LogP contribution in [0.4, 0.5) is 0 Å². The second-order valence-corrected chi connectivity index (χ2v) is 7.87. The van der Waals surface area contributed by atoms with Crippen LogP contribution in [0.5, 0.6) is 11.5 Å². The normalized spacial score (nSPS) is 19.8. The highest BCUT2D eigenvalue weighted by molar-refractivity contribution is 6.30. The molecular formula is C24H21ClN2O2. The fourth-order valence-corrected chi connectivity index (χ4v) is 4.15. The Hall–Kier alpha value is -2.98. The number of ether oxygens (including phenoxy) is 2. The molecule has 3 aromatic rings. The molecule has 5 rings (SSSR count). The predicted octanol–water partition coefficient (Wildman–Crippen LogP) is 5.90. The van der Waals surface area contributed by atoms with E-state index in [1.165, 1.54) is 5.56 Å². The third-order valence-electron chi connectivity index (χ3n) is 5.54. The number of methoxy groups -OCH3 is 1. The van der Waals surface area contributed by atoms with E-state index in [0.29, 0.717) is 5.02 Å². The van der Waals surface area contributed by atoms with E-state index in [0.717, 1.165) is 40.3 Å². The maximum absolute atomic E-state index is 6.38. The molecular weight excluding hydrogens is 384 g/mol. The average Bonchev–Trinajstić information content (AvgIpc) is 3.20. The molecule has 0 aromatic heterocycles. The lowest BCUT2D eigenvalue weighted by Gasteiger charge is -2.38. The standard InChI is InChI=1S/C24H21ClN2O2/c1-15-3-5-16(6-4-15)21-14-22-20-13-18(25)9-12-23(20)29-24(27(22)26-21)17-7-10-19(28-2)11-8-17/h3-13,22,24H,14H2,1-2H3/t22-,24-/m1/s1. The quantitative estimate of drug-likeness (QED) is 0.545. The number of benzene rings is 3. The minimum Gasteiger partial charge on any atom is -0.497 e. The van der Waals surface area contributed by atoms with Crippen molar-refractivity contribution in [2.45, 2.75) is 25.6 Å². The molecule has 0 fully saturated rings. The maximum atomic E-state index is 6.38. The number of rotatable bonds is 3. The third kappa shape index (κ3) is 3.23. The number of hydrogen-bond donors (Lipinski definition) is 0. The molecule has 2 atom stereocenters. The summed E-state index contributed by atoms with van der Waals surface area (Å²) in [5.74, 6) is 1.68. The van der Waals surface area contributed by atoms with Crippen LogP contribution in [0.3, 0.4) is 0 Å². The Kier molecular flexibility index (Phi) is 4.44. The number of halogens is 1. The summed E-state index contributed by atoms with van der Waals surface area (Å²) in [5, 5.41) is 7.76. The van der Waals surface area contributed by atoms with Gasteiger partial charge in [-0.05, 0) is 55.0 Å². The summed E-state index contributed by atoms with van der Waals surface area (Å²) in [6.07, 6.45) is 0.509. The fourth-order valence-electron chi connectivity index (χ4n) is 3.97. The minimum atomic E-state index is -0.303. The van der Waals surface area contributed by atoms with Crippen molar-refractivity contribution in [3.05, 3.63) is 94.0 Å². The van der Waals surface area contributed by atoms with Crippen molar-refractivity contribution in [2.24, 2.45) is 5.10 Å². The summed E-state index contributed by atoms with van der Waals surface area (Å²) in [4.78, 5) is 0. The first-order valence-electron chi connectivity index (χ1n) is 9.65. The van der Waals surface area contributed by atoms with Crippen LogP contribution < -0.4 is 9.47 Å². The lowest BCUT2D eigenvalue weighted by molar-refractivity contribution is -0.0190. The molecule has 0 amide bonds. The molecule has 0 bridgehead atoms. The first-order valence-corrected chi connectivity index (χ1v) is 10.0. The van der Waals surface area contributed by atoms with E-state index in [4.69, 9.17) is 26.2 Å². The number of nitrogens with zero attached hydrogens (tertiary/aromatic N) is 2. The molecule has 2 aliphatic heterocycles. The van der Waals surface area contributed by atoms with Gasteiger partial charge in [0.05, 0.1) is 18.9 Å². The smallest absolute Gasteiger partial charge is 0.213 e. The van der Waals surface area contributed by atoms with Crippen molar-refractivity contribution in [1.29, 1.82) is 0 Å². The monoisotopic (exact) mass is 404 g/mol. The van der Waals surface area contributed by atoms with E-state index in [9.17, 15) is 0 Å². The molecule has 4 nitrogen and oxygen atoms in total. The lowest BCUT2D eigenvalue weighted by Crippen LogP contribution is -2.33. The Labute approximate surface area is 175 Å². The molecule has 0 spiro atoms. The van der Waals surface area contributed by atoms with Gasteiger partial charge in [-0.3, -0.25) is 0 Å². The van der Waals surface area contributed by atoms with Crippen LogP contribution in [0.2, 0.25) is 5.02 Å². The first kappa shape index (κ1) is 18.1. The van der Waals surface area contributed by atoms with Crippen molar-refractivity contribution < 1.29 is 9.47 Å². The van der Waals surface area contributed by atoms with E-state index < -0.39 is 0 Å². The van der Waals surface area contributed by atoms with E-state index >= 15 is 0 Å². The van der Waals surface area contributed by atoms with Crippen LogP contribution >= 0.6 is 11.6 Å². The molecule has 0 unspecified atom stereocenters. The van der Waals surface area contributed by atoms with Crippen LogP contribution in [0, 0.1) is 6.92 Å². The van der Waals surface area contributed by atoms with Crippen molar-refractivity contribution in [2.75, 3.05) is 7.11 Å². The molecule has 2 aliphatic rings. The molecule has 0 N–H and O–H groups in total. The van der Waals surface area contributed by atoms with Gasteiger partial charge in [0, 0.05) is 22.6 Å². The second kappa shape index (κ2) is 7.12. The van der Waals surface area contributed by atoms with Gasteiger partial charge in [-0.2, -0.15) is 5.10 Å². The lowest BCUT2D eigenvalue weighted by atomic mass is 9.95. The molecule has 146 valence electrons. The van der Waals surface area contributed by atoms with Gasteiger partial charge in [0.15, 0.2) is 0 Å². The zero-order valence-electron chi connectivity index (χ0n) is 16.3. The van der Waals surface area contributed by atoms with Gasteiger partial charge in [0.25, 0.3) is 0 Å². The zero-order valence-corrected chi connectivity index (χ0v) is 17.1. The molecule has 0 saturated heterocycles. The third-order valence-corrected chi connectivity index (χ3v) is 5.77. The van der Waals surface area contributed by atoms with E-state index in [1.54, 1.807) is 7.11 Å². The highest BCUT2D eigenvalue weighted by Gasteiger charge is 2.41. The molecule has 5 heteroatoms. The summed E-state index contributed by atoms with van der Waals surface area (Å²) in [6.45, 7) is 2.09. The summed E-state index contributed by atoms with van der Waals surface area (Å²) < 4.78 is 11.7. The number of aryl methyl sites for hydroxylation is 1. The Morgan fingerprint density at radius 2 is 1.79 bits per heavy atom. The van der Waals surface area contributed by atoms with E-state index in [1.807, 2.05) is 42.5 Å². The number of fused-ring (bicyclic) bond motifs is 3. The van der Waals surface area contributed by atoms with Crippen LogP contribution in [-0.4, -0.2) is 17.8 Å². The van der Waals surface area contributed by atoms with Gasteiger partial charge in [0.1, 0.15) is 11.5 Å². The topological polar surface area (TPSA) is 34.1 Å². The van der Waals surface area contributed by atoms with Gasteiger partial charge >= 0.3 is 0 Å². The van der Waals surface area contributed by atoms with Crippen LogP contribution in [-0.2, 0) is 0 Å². The van der Waals surface area contributed by atoms with Gasteiger partial charge in [-0.15, -0.1) is 0 Å². The number of hydrazone groups is 1. The summed E-state index contributed by atoms with van der Waals surface area (Å²) in [6, 6.07) is 22.4. The molecule has 3 aromatic carbocycles. The molecule has 0 aliphatic carbocycles. The maximum Gasteiger partial charge on any atom is 0.213 e. The fraction of sp³-hybridized carbons (Fsp3) is 0.208. The number of hydrogen-bond acceptors (Lipinski definition) is 4. The molecule has 0 saturated carbocycles. The Morgan fingerprint density at radius 1 is 1.03 bits per heavy atom. The zero-order chi connectivity index (χ0) is 20.0. The van der Waals surface area contributed by atoms with Crippen molar-refractivity contribution in [3.63, 3.8) is 0 Å². The van der Waals surface area contributed by atoms with Crippen LogP contribution in [0.15, 0.2) is 71.8 Å². The Balaban J connectivity index is 1.58. The van der Waals surface area contributed by atoms with Gasteiger partial charge in [-0.1, -0.05) is 41.4 Å². The summed E-state index contributed by atoms with van der Waals surface area (Å²) in [5.41, 5.74) is 5.55. The predicted molar refractivity (Wildman–Crippen MR) is 115 cm³/mol. The van der Waals surface area contributed by atoms with Crippen molar-refractivity contribution in [3.8, 4) is 11.5 Å². The SMILES string of the molecule is COc1ccc([C@H]2Oc3ccc(Cl)cc3[C@H]3CC(c4ccc(C)cc4)=NN32)cc1. The average molecular weight is 405 g/mol. The van der Waals surface area contributed by atoms with Crippen molar-refractivity contribution >= 4 is 17.3 Å².